The summed E-state index contributed by atoms with van der Waals surface area (Å²) >= 11 is 5.76. The number of rotatable bonds is 4. The molecule has 1 aromatic rings. The highest BCUT2D eigenvalue weighted by Crippen LogP contribution is 2.32. The lowest BCUT2D eigenvalue weighted by atomic mass is 10.2. The van der Waals surface area contributed by atoms with Gasteiger partial charge in [-0.15, -0.1) is 0 Å². The molecule has 0 aliphatic carbocycles. The van der Waals surface area contributed by atoms with Gasteiger partial charge < -0.3 is 10.4 Å². The van der Waals surface area contributed by atoms with Gasteiger partial charge in [0.15, 0.2) is 0 Å². The van der Waals surface area contributed by atoms with E-state index in [1.54, 1.807) is 6.07 Å². The number of hydrogen-bond donors (Lipinski definition) is 3. The van der Waals surface area contributed by atoms with Gasteiger partial charge in [-0.2, -0.15) is 8.42 Å². The molecule has 10 heteroatoms. The van der Waals surface area contributed by atoms with Crippen molar-refractivity contribution < 1.29 is 22.9 Å². The van der Waals surface area contributed by atoms with Crippen molar-refractivity contribution in [1.29, 1.82) is 0 Å². The Morgan fingerprint density at radius 1 is 1.26 bits per heavy atom. The highest BCUT2D eigenvalue weighted by atomic mass is 127. The quantitative estimate of drug-likeness (QED) is 0.351. The third-order valence-corrected chi connectivity index (χ3v) is 5.46. The maximum absolute atomic E-state index is 11.9. The predicted molar refractivity (Wildman–Crippen MR) is 95.0 cm³/mol. The summed E-state index contributed by atoms with van der Waals surface area (Å²) in [6, 6.07) is 1.65. The van der Waals surface area contributed by atoms with Gasteiger partial charge in [0.25, 0.3) is 16.0 Å². The number of carbonyl (C=O) groups is 1. The molecule has 1 aromatic carbocycles. The highest BCUT2D eigenvalue weighted by molar-refractivity contribution is 14.1. The van der Waals surface area contributed by atoms with E-state index in [1.807, 2.05) is 67.8 Å². The minimum atomic E-state index is -4.11. The second-order valence-corrected chi connectivity index (χ2v) is 8.39. The second kappa shape index (κ2) is 7.04. The van der Waals surface area contributed by atoms with Crippen molar-refractivity contribution in [2.75, 3.05) is 12.3 Å². The number of nitrogens with one attached hydrogen (secondary N) is 1. The molecule has 1 amide bonds. The maximum Gasteiger partial charge on any atom is 0.266 e. The first kappa shape index (κ1) is 17.6. The van der Waals surface area contributed by atoms with E-state index in [0.717, 1.165) is 0 Å². The predicted octanol–water partition coefficient (Wildman–Crippen LogP) is 1.82. The van der Waals surface area contributed by atoms with Crippen LogP contribution in [-0.4, -0.2) is 36.3 Å². The molecule has 0 spiro atoms. The fraction of sp³-hybridized carbons (Fsp3) is 0.222. The smallest absolute Gasteiger partial charge is 0.266 e. The van der Waals surface area contributed by atoms with E-state index in [1.165, 1.54) is 0 Å². The molecule has 19 heavy (non-hydrogen) atoms. The van der Waals surface area contributed by atoms with Crippen LogP contribution in [0.1, 0.15) is 10.4 Å². The standard InChI is InChI=1S/C9H8I3NO5S/c10-4-3-5(11)8(14)7(12)6(4)9(15)13-1-2-19(16,17)18/h3,14H,1-2H2,(H,13,15)(H,16,17,18). The summed E-state index contributed by atoms with van der Waals surface area (Å²) in [5.74, 6) is -1.03. The third kappa shape index (κ3) is 5.13. The molecular formula is C9H8I3NO5S. The van der Waals surface area contributed by atoms with Crippen molar-refractivity contribution in [2.45, 2.75) is 0 Å². The van der Waals surface area contributed by atoms with Crippen molar-refractivity contribution in [3.8, 4) is 5.75 Å². The van der Waals surface area contributed by atoms with Gasteiger partial charge in [-0.1, -0.05) is 0 Å². The summed E-state index contributed by atoms with van der Waals surface area (Å²) in [7, 11) is -4.11. The molecular weight excluding hydrogens is 615 g/mol. The number of benzene rings is 1. The summed E-state index contributed by atoms with van der Waals surface area (Å²) in [6.45, 7) is -0.198. The van der Waals surface area contributed by atoms with Crippen LogP contribution >= 0.6 is 67.8 Å². The van der Waals surface area contributed by atoms with Gasteiger partial charge in [-0.25, -0.2) is 0 Å². The van der Waals surface area contributed by atoms with Gasteiger partial charge in [-0.05, 0) is 73.8 Å². The van der Waals surface area contributed by atoms with E-state index in [4.69, 9.17) is 4.55 Å². The Hall–Kier alpha value is 0.590. The number of halogens is 3. The Morgan fingerprint density at radius 2 is 1.84 bits per heavy atom. The SMILES string of the molecule is O=C(NCCS(=O)(=O)O)c1c(I)cc(I)c(O)c1I. The molecule has 0 radical (unpaired) electrons. The molecule has 0 bridgehead atoms. The average Bonchev–Trinajstić information content (AvgIpc) is 2.24. The fourth-order valence-corrected chi connectivity index (χ4v) is 5.39. The average molecular weight is 623 g/mol. The first-order chi connectivity index (χ1) is 8.63. The second-order valence-electron chi connectivity index (χ2n) is 3.42. The van der Waals surface area contributed by atoms with Gasteiger partial charge in [0.1, 0.15) is 5.75 Å². The van der Waals surface area contributed by atoms with Gasteiger partial charge in [0.2, 0.25) is 0 Å². The van der Waals surface area contributed by atoms with Gasteiger partial charge in [-0.3, -0.25) is 9.35 Å². The minimum Gasteiger partial charge on any atom is -0.506 e. The van der Waals surface area contributed by atoms with Crippen molar-refractivity contribution >= 4 is 83.8 Å². The number of hydrogen-bond acceptors (Lipinski definition) is 4. The summed E-state index contributed by atoms with van der Waals surface area (Å²) < 4.78 is 31.3. The van der Waals surface area contributed by atoms with Crippen molar-refractivity contribution in [1.82, 2.24) is 5.32 Å². The molecule has 6 nitrogen and oxygen atoms in total. The van der Waals surface area contributed by atoms with E-state index in [2.05, 4.69) is 5.32 Å². The lowest BCUT2D eigenvalue weighted by Crippen LogP contribution is -2.30. The van der Waals surface area contributed by atoms with Crippen molar-refractivity contribution in [2.24, 2.45) is 0 Å². The molecule has 106 valence electrons. The zero-order valence-electron chi connectivity index (χ0n) is 9.15. The van der Waals surface area contributed by atoms with Crippen molar-refractivity contribution in [3.05, 3.63) is 22.3 Å². The molecule has 0 heterocycles. The maximum atomic E-state index is 11.9. The van der Waals surface area contributed by atoms with Crippen LogP contribution in [0.4, 0.5) is 0 Å². The van der Waals surface area contributed by atoms with Crippen molar-refractivity contribution in [3.63, 3.8) is 0 Å². The molecule has 3 N–H and O–H groups in total. The van der Waals surface area contributed by atoms with Gasteiger partial charge >= 0.3 is 0 Å². The summed E-state index contributed by atoms with van der Waals surface area (Å²) in [6.07, 6.45) is 0. The number of phenolic OH excluding ortho intramolecular Hbond substituents is 1. The van der Waals surface area contributed by atoms with Crippen LogP contribution in [0.15, 0.2) is 6.07 Å². The normalized spacial score (nSPS) is 11.4. The van der Waals surface area contributed by atoms with E-state index >= 15 is 0 Å². The van der Waals surface area contributed by atoms with Crippen LogP contribution in [0, 0.1) is 10.7 Å². The molecule has 0 aromatic heterocycles. The zero-order valence-corrected chi connectivity index (χ0v) is 16.4. The number of phenols is 1. The Balaban J connectivity index is 2.92. The Labute approximate surface area is 150 Å². The van der Waals surface area contributed by atoms with Crippen LogP contribution in [-0.2, 0) is 10.1 Å². The molecule has 0 saturated heterocycles. The largest absolute Gasteiger partial charge is 0.506 e. The molecule has 0 fully saturated rings. The van der Waals surface area contributed by atoms with E-state index in [0.29, 0.717) is 10.7 Å². The molecule has 0 aliphatic heterocycles. The summed E-state index contributed by atoms with van der Waals surface area (Å²) in [5, 5.41) is 12.2. The third-order valence-electron chi connectivity index (χ3n) is 2.02. The molecule has 0 saturated carbocycles. The van der Waals surface area contributed by atoms with Crippen LogP contribution in [0.25, 0.3) is 0 Å². The summed E-state index contributed by atoms with van der Waals surface area (Å²) in [5.41, 5.74) is 0.287. The van der Waals surface area contributed by atoms with Crippen LogP contribution in [0.2, 0.25) is 0 Å². The monoisotopic (exact) mass is 623 g/mol. The molecule has 0 aliphatic rings. The zero-order chi connectivity index (χ0) is 14.8. The van der Waals surface area contributed by atoms with Crippen LogP contribution in [0.3, 0.4) is 0 Å². The lowest BCUT2D eigenvalue weighted by Gasteiger charge is -2.11. The minimum absolute atomic E-state index is 0.0153. The number of aromatic hydroxyl groups is 1. The van der Waals surface area contributed by atoms with Crippen LogP contribution in [0.5, 0.6) is 5.75 Å². The van der Waals surface area contributed by atoms with E-state index in [9.17, 15) is 18.3 Å². The van der Waals surface area contributed by atoms with Gasteiger partial charge in [0, 0.05) is 10.1 Å². The van der Waals surface area contributed by atoms with Crippen LogP contribution < -0.4 is 5.32 Å². The lowest BCUT2D eigenvalue weighted by molar-refractivity contribution is 0.0953. The number of amides is 1. The first-order valence-corrected chi connectivity index (χ1v) is 9.58. The topological polar surface area (TPSA) is 104 Å². The fourth-order valence-electron chi connectivity index (χ4n) is 1.17. The summed E-state index contributed by atoms with van der Waals surface area (Å²) in [4.78, 5) is 11.9. The Morgan fingerprint density at radius 3 is 2.37 bits per heavy atom. The van der Waals surface area contributed by atoms with Gasteiger partial charge in [0.05, 0.1) is 18.5 Å². The Kier molecular flexibility index (Phi) is 6.53. The molecule has 0 unspecified atom stereocenters. The Bertz CT molecular complexity index is 617. The first-order valence-electron chi connectivity index (χ1n) is 4.73. The number of carbonyl (C=O) groups excluding carboxylic acids is 1. The highest BCUT2D eigenvalue weighted by Gasteiger charge is 2.19. The molecule has 1 rings (SSSR count). The molecule has 0 atom stereocenters. The van der Waals surface area contributed by atoms with E-state index < -0.39 is 21.8 Å². The van der Waals surface area contributed by atoms with E-state index in [-0.39, 0.29) is 17.9 Å².